The zero-order valence-corrected chi connectivity index (χ0v) is 15.5. The van der Waals surface area contributed by atoms with E-state index in [2.05, 4.69) is 22.5 Å². The first-order valence-electron chi connectivity index (χ1n) is 9.45. The SMILES string of the molecule is CCC[C@H](NC(=O)Cc1ccccc1)C(=O)NCCN1CCC[C@H]1C. The second-order valence-electron chi connectivity index (χ2n) is 6.89. The van der Waals surface area contributed by atoms with Crippen LogP contribution >= 0.6 is 0 Å². The molecule has 2 amide bonds. The highest BCUT2D eigenvalue weighted by atomic mass is 16.2. The number of nitrogens with one attached hydrogen (secondary N) is 2. The fourth-order valence-electron chi connectivity index (χ4n) is 3.35. The average molecular weight is 345 g/mol. The van der Waals surface area contributed by atoms with Crippen molar-refractivity contribution in [3.8, 4) is 0 Å². The summed E-state index contributed by atoms with van der Waals surface area (Å²) in [5.74, 6) is -0.178. The van der Waals surface area contributed by atoms with E-state index in [0.29, 0.717) is 25.4 Å². The first kappa shape index (κ1) is 19.4. The third-order valence-corrected chi connectivity index (χ3v) is 4.83. The minimum absolute atomic E-state index is 0.0740. The third-order valence-electron chi connectivity index (χ3n) is 4.83. The maximum Gasteiger partial charge on any atom is 0.242 e. The first-order chi connectivity index (χ1) is 12.1. The van der Waals surface area contributed by atoms with Crippen molar-refractivity contribution in [1.29, 1.82) is 0 Å². The maximum atomic E-state index is 12.4. The van der Waals surface area contributed by atoms with Gasteiger partial charge in [-0.15, -0.1) is 0 Å². The summed E-state index contributed by atoms with van der Waals surface area (Å²) in [5, 5.41) is 5.88. The average Bonchev–Trinajstić information content (AvgIpc) is 3.00. The molecule has 25 heavy (non-hydrogen) atoms. The van der Waals surface area contributed by atoms with Crippen LogP contribution in [0.2, 0.25) is 0 Å². The zero-order chi connectivity index (χ0) is 18.1. The molecular formula is C20H31N3O2. The van der Waals surface area contributed by atoms with Crippen molar-refractivity contribution in [2.45, 2.75) is 58.0 Å². The lowest BCUT2D eigenvalue weighted by atomic mass is 10.1. The molecule has 5 heteroatoms. The van der Waals surface area contributed by atoms with Crippen molar-refractivity contribution < 1.29 is 9.59 Å². The number of carbonyl (C=O) groups is 2. The topological polar surface area (TPSA) is 61.4 Å². The van der Waals surface area contributed by atoms with Gasteiger partial charge in [0.05, 0.1) is 6.42 Å². The predicted molar refractivity (Wildman–Crippen MR) is 100 cm³/mol. The standard InChI is InChI=1S/C20H31N3O2/c1-3-8-18(22-19(24)15-17-10-5-4-6-11-17)20(25)21-12-14-23-13-7-9-16(23)2/h4-6,10-11,16,18H,3,7-9,12-15H2,1-2H3,(H,21,25)(H,22,24)/t16-,18+/m1/s1. The van der Waals surface area contributed by atoms with Gasteiger partial charge in [0.25, 0.3) is 0 Å². The van der Waals surface area contributed by atoms with Crippen molar-refractivity contribution in [3.05, 3.63) is 35.9 Å². The molecule has 2 N–H and O–H groups in total. The highest BCUT2D eigenvalue weighted by molar-refractivity contribution is 5.88. The van der Waals surface area contributed by atoms with Crippen molar-refractivity contribution in [2.24, 2.45) is 0 Å². The van der Waals surface area contributed by atoms with Crippen LogP contribution in [0.4, 0.5) is 0 Å². The lowest BCUT2D eigenvalue weighted by molar-refractivity contribution is -0.128. The van der Waals surface area contributed by atoms with Crippen LogP contribution in [-0.2, 0) is 16.0 Å². The molecule has 0 unspecified atom stereocenters. The van der Waals surface area contributed by atoms with Crippen molar-refractivity contribution in [2.75, 3.05) is 19.6 Å². The molecule has 1 saturated heterocycles. The number of benzene rings is 1. The van der Waals surface area contributed by atoms with Crippen LogP contribution in [0, 0.1) is 0 Å². The second-order valence-corrected chi connectivity index (χ2v) is 6.89. The van der Waals surface area contributed by atoms with Crippen LogP contribution in [0.3, 0.4) is 0 Å². The maximum absolute atomic E-state index is 12.4. The third kappa shape index (κ3) is 6.50. The van der Waals surface area contributed by atoms with Crippen LogP contribution < -0.4 is 10.6 Å². The van der Waals surface area contributed by atoms with Gasteiger partial charge in [-0.1, -0.05) is 43.7 Å². The predicted octanol–water partition coefficient (Wildman–Crippen LogP) is 2.11. The van der Waals surface area contributed by atoms with Crippen LogP contribution in [0.5, 0.6) is 0 Å². The van der Waals surface area contributed by atoms with E-state index in [4.69, 9.17) is 0 Å². The van der Waals surface area contributed by atoms with E-state index in [1.807, 2.05) is 37.3 Å². The Balaban J connectivity index is 1.77. The molecule has 0 saturated carbocycles. The Kier molecular flexibility index (Phi) is 7.92. The molecule has 1 aromatic carbocycles. The quantitative estimate of drug-likeness (QED) is 0.721. The molecule has 0 bridgehead atoms. The second kappa shape index (κ2) is 10.2. The van der Waals surface area contributed by atoms with Gasteiger partial charge in [0.15, 0.2) is 0 Å². The van der Waals surface area contributed by atoms with E-state index in [1.165, 1.54) is 12.8 Å². The number of carbonyl (C=O) groups excluding carboxylic acids is 2. The lowest BCUT2D eigenvalue weighted by Crippen LogP contribution is -2.48. The van der Waals surface area contributed by atoms with Gasteiger partial charge < -0.3 is 10.6 Å². The van der Waals surface area contributed by atoms with Gasteiger partial charge in [0.1, 0.15) is 6.04 Å². The Bertz CT molecular complexity index is 547. The molecule has 1 aliphatic heterocycles. The number of rotatable bonds is 9. The summed E-state index contributed by atoms with van der Waals surface area (Å²) in [7, 11) is 0. The van der Waals surface area contributed by atoms with E-state index >= 15 is 0 Å². The lowest BCUT2D eigenvalue weighted by Gasteiger charge is -2.22. The molecular weight excluding hydrogens is 314 g/mol. The Morgan fingerprint density at radius 3 is 2.68 bits per heavy atom. The van der Waals surface area contributed by atoms with Crippen molar-refractivity contribution in [3.63, 3.8) is 0 Å². The highest BCUT2D eigenvalue weighted by Crippen LogP contribution is 2.15. The minimum atomic E-state index is -0.447. The molecule has 2 atom stereocenters. The summed E-state index contributed by atoms with van der Waals surface area (Å²) in [6.07, 6.45) is 4.30. The van der Waals surface area contributed by atoms with Gasteiger partial charge in [0, 0.05) is 19.1 Å². The van der Waals surface area contributed by atoms with Crippen LogP contribution in [0.1, 0.15) is 45.1 Å². The Morgan fingerprint density at radius 2 is 2.04 bits per heavy atom. The Hall–Kier alpha value is -1.88. The molecule has 0 aromatic heterocycles. The molecule has 0 aliphatic carbocycles. The molecule has 1 aromatic rings. The molecule has 0 spiro atoms. The molecule has 5 nitrogen and oxygen atoms in total. The van der Waals surface area contributed by atoms with Gasteiger partial charge in [-0.05, 0) is 38.3 Å². The zero-order valence-electron chi connectivity index (χ0n) is 15.5. The van der Waals surface area contributed by atoms with Gasteiger partial charge >= 0.3 is 0 Å². The van der Waals surface area contributed by atoms with E-state index in [0.717, 1.165) is 25.1 Å². The van der Waals surface area contributed by atoms with Crippen molar-refractivity contribution in [1.82, 2.24) is 15.5 Å². The summed E-state index contributed by atoms with van der Waals surface area (Å²) >= 11 is 0. The monoisotopic (exact) mass is 345 g/mol. The smallest absolute Gasteiger partial charge is 0.242 e. The van der Waals surface area contributed by atoms with E-state index < -0.39 is 6.04 Å². The summed E-state index contributed by atoms with van der Waals surface area (Å²) in [5.41, 5.74) is 0.957. The Labute approximate surface area is 151 Å². The number of likely N-dealkylation sites (tertiary alicyclic amines) is 1. The Morgan fingerprint density at radius 1 is 1.28 bits per heavy atom. The summed E-state index contributed by atoms with van der Waals surface area (Å²) in [6.45, 7) is 6.89. The van der Waals surface area contributed by atoms with Crippen LogP contribution in [0.15, 0.2) is 30.3 Å². The van der Waals surface area contributed by atoms with E-state index in [-0.39, 0.29) is 11.8 Å². The molecule has 1 heterocycles. The van der Waals surface area contributed by atoms with E-state index in [1.54, 1.807) is 0 Å². The number of hydrogen-bond donors (Lipinski definition) is 2. The fraction of sp³-hybridized carbons (Fsp3) is 0.600. The van der Waals surface area contributed by atoms with E-state index in [9.17, 15) is 9.59 Å². The summed E-state index contributed by atoms with van der Waals surface area (Å²) in [4.78, 5) is 27.1. The first-order valence-corrected chi connectivity index (χ1v) is 9.45. The fourth-order valence-corrected chi connectivity index (χ4v) is 3.35. The van der Waals surface area contributed by atoms with Gasteiger partial charge in [0.2, 0.25) is 11.8 Å². The number of hydrogen-bond acceptors (Lipinski definition) is 3. The summed E-state index contributed by atoms with van der Waals surface area (Å²) < 4.78 is 0. The summed E-state index contributed by atoms with van der Waals surface area (Å²) in [6, 6.07) is 9.76. The molecule has 2 rings (SSSR count). The number of nitrogens with zero attached hydrogens (tertiary/aromatic N) is 1. The molecule has 0 radical (unpaired) electrons. The number of amides is 2. The van der Waals surface area contributed by atoms with Gasteiger partial charge in [-0.25, -0.2) is 0 Å². The minimum Gasteiger partial charge on any atom is -0.353 e. The molecule has 1 aliphatic rings. The van der Waals surface area contributed by atoms with Crippen LogP contribution in [0.25, 0.3) is 0 Å². The normalized spacial score (nSPS) is 18.7. The highest BCUT2D eigenvalue weighted by Gasteiger charge is 2.22. The molecule has 138 valence electrons. The van der Waals surface area contributed by atoms with Gasteiger partial charge in [-0.2, -0.15) is 0 Å². The van der Waals surface area contributed by atoms with Crippen molar-refractivity contribution >= 4 is 11.8 Å². The largest absolute Gasteiger partial charge is 0.353 e. The molecule has 1 fully saturated rings. The van der Waals surface area contributed by atoms with Crippen LogP contribution in [-0.4, -0.2) is 48.4 Å². The van der Waals surface area contributed by atoms with Gasteiger partial charge in [-0.3, -0.25) is 14.5 Å².